The number of aldehydes is 1. The van der Waals surface area contributed by atoms with Crippen LogP contribution in [0.5, 0.6) is 0 Å². The van der Waals surface area contributed by atoms with Crippen LogP contribution in [0.2, 0.25) is 0 Å². The minimum atomic E-state index is -2.17. The van der Waals surface area contributed by atoms with E-state index in [0.717, 1.165) is 27.9 Å². The molecule has 3 saturated heterocycles. The number of hydrogen-bond acceptors (Lipinski definition) is 23. The Balaban J connectivity index is 1.24. The first kappa shape index (κ1) is 61.8. The van der Waals surface area contributed by atoms with E-state index in [1.165, 1.54) is 26.8 Å². The number of ketones is 1. The number of nitro groups is 1. The fourth-order valence-corrected chi connectivity index (χ4v) is 14.1. The van der Waals surface area contributed by atoms with Crippen molar-refractivity contribution >= 4 is 48.0 Å². The second-order valence-corrected chi connectivity index (χ2v) is 23.5. The lowest BCUT2D eigenvalue weighted by molar-refractivity contribution is -0.584. The van der Waals surface area contributed by atoms with Crippen LogP contribution >= 0.6 is 0 Å². The number of nitrogens with one attached hydrogen (secondary N) is 1. The molecule has 8 rings (SSSR count). The number of methoxy groups -OCH3 is 1. The van der Waals surface area contributed by atoms with Crippen LogP contribution in [0.15, 0.2) is 58.4 Å². The highest BCUT2D eigenvalue weighted by Crippen LogP contribution is 2.60. The number of nitrogens with zero attached hydrogens (tertiary/aromatic N) is 1. The van der Waals surface area contributed by atoms with Crippen LogP contribution in [0.25, 0.3) is 0 Å². The molecule has 450 valence electrons. The zero-order valence-electron chi connectivity index (χ0n) is 48.2. The minimum absolute atomic E-state index is 0.0231. The fraction of sp³-hybridized carbons (Fsp3) is 0.684. The Bertz CT molecular complexity index is 2790. The third kappa shape index (κ3) is 11.4. The smallest absolute Gasteiger partial charge is 0.407 e. The van der Waals surface area contributed by atoms with Crippen molar-refractivity contribution in [1.29, 1.82) is 0 Å². The van der Waals surface area contributed by atoms with Crippen LogP contribution in [0.4, 0.5) is 4.79 Å². The maximum absolute atomic E-state index is 16.4. The van der Waals surface area contributed by atoms with Gasteiger partial charge in [-0.1, -0.05) is 50.6 Å². The summed E-state index contributed by atoms with van der Waals surface area (Å²) >= 11 is 0. The molecule has 0 aromatic carbocycles. The number of aliphatic hydroxyl groups is 1. The van der Waals surface area contributed by atoms with Gasteiger partial charge in [-0.25, -0.2) is 9.59 Å². The van der Waals surface area contributed by atoms with Crippen molar-refractivity contribution in [2.24, 2.45) is 40.9 Å². The Morgan fingerprint density at radius 2 is 1.57 bits per heavy atom. The molecular weight excluding hydrogens is 1080 g/mol. The Kier molecular flexibility index (Phi) is 17.7. The van der Waals surface area contributed by atoms with Crippen LogP contribution in [0.1, 0.15) is 109 Å². The highest BCUT2D eigenvalue weighted by Gasteiger charge is 2.67. The van der Waals surface area contributed by atoms with Gasteiger partial charge in [0, 0.05) is 70.1 Å². The fourth-order valence-electron chi connectivity index (χ4n) is 14.1. The van der Waals surface area contributed by atoms with Gasteiger partial charge in [0.1, 0.15) is 30.6 Å². The van der Waals surface area contributed by atoms with E-state index in [9.17, 15) is 48.8 Å². The monoisotopic (exact) mass is 1150 g/mol. The summed E-state index contributed by atoms with van der Waals surface area (Å²) in [5.74, 6) is -11.7. The highest BCUT2D eigenvalue weighted by atomic mass is 16.9. The molecule has 8 aliphatic rings. The third-order valence-electron chi connectivity index (χ3n) is 17.6. The van der Waals surface area contributed by atoms with Gasteiger partial charge in [-0.2, -0.15) is 0 Å². The molecule has 1 unspecified atom stereocenters. The second-order valence-electron chi connectivity index (χ2n) is 23.5. The Morgan fingerprint density at radius 1 is 0.890 bits per heavy atom. The van der Waals surface area contributed by atoms with Crippen molar-refractivity contribution < 1.29 is 105 Å². The molecule has 1 spiro atoms. The molecule has 0 radical (unpaired) electrons. The van der Waals surface area contributed by atoms with E-state index in [-0.39, 0.29) is 30.3 Å². The zero-order valence-corrected chi connectivity index (χ0v) is 48.2. The number of aliphatic hydroxyl groups excluding tert-OH is 1. The molecule has 25 heteroatoms. The highest BCUT2D eigenvalue weighted by molar-refractivity contribution is 6.22. The number of alkyl carbamates (subject to hydrolysis) is 1. The molecular formula is C57H74N2O23. The topological polar surface area (TPSA) is 323 Å². The SMILES string of the molecule is COC(=O)N[C@H]1[C@@H](C)O[C@@H](O[C@H]2C/C=C(\C)[C@@H]3C=C[C@@H]4[C@@H](OC5(C)O[C@H]6O[C@H](COC(C)=O)[C@@H](OC(C)=O)[C@H](OC(C)=O)[C@H]6O5)[C@@H](C)C[C@H](C)[C@H]4[C@]3(C)C(=O)C3=C(OC(C)=O)[C@@]4(CC(C=O)=C[C@H](O)[C@H]4C=C2C)OC3=O)C[C@]1(C)[N+](=O)[O-]. The van der Waals surface area contributed by atoms with E-state index in [0.29, 0.717) is 23.9 Å². The van der Waals surface area contributed by atoms with E-state index < -0.39 is 185 Å². The number of esters is 5. The van der Waals surface area contributed by atoms with Crippen LogP contribution in [0, 0.1) is 51.0 Å². The Labute approximate surface area is 473 Å². The maximum atomic E-state index is 16.4. The molecule has 4 aliphatic carbocycles. The van der Waals surface area contributed by atoms with E-state index in [2.05, 4.69) is 5.32 Å². The predicted molar refractivity (Wildman–Crippen MR) is 278 cm³/mol. The van der Waals surface area contributed by atoms with Gasteiger partial charge in [-0.3, -0.25) is 43.6 Å². The summed E-state index contributed by atoms with van der Waals surface area (Å²) in [6, 6.07) is -1.15. The standard InChI is InChI=1S/C57H74N2O23/c1-25-14-17-39(77-41-22-54(10,59(69)70)48(29(5)73-41)58-53(68)71-13)26(2)19-37-38(65)20-34(23-60)21-57(37)50(76-33(9)64)42(51(67)81-57)49(66)55(11)36(25)16-15-35-43(55)27(3)18-28(4)44(35)79-56(12)80-47-46(75-32(8)63)45(74-31(7)62)40(24-72-30(6)61)78-52(47)82-56/h14-16,19-20,23,27-29,35-41,43-48,52,65H,17-18,21-22,24H2,1-13H3,(H,58,68)/b25-14+,26-19?/t27-,28-,29+,35-,36-,37+,38-,39-,40+,41-,43+,44-,45+,46-,47+,48-,52+,54-,55+,56?,57-/m0/s1. The summed E-state index contributed by atoms with van der Waals surface area (Å²) in [7, 11) is 1.13. The summed E-state index contributed by atoms with van der Waals surface area (Å²) in [6.45, 7) is 17.7. The van der Waals surface area contributed by atoms with Gasteiger partial charge in [-0.05, 0) is 68.6 Å². The summed E-state index contributed by atoms with van der Waals surface area (Å²) < 4.78 is 72.7. The Hall–Kier alpha value is -6.22. The molecule has 2 N–H and O–H groups in total. The lowest BCUT2D eigenvalue weighted by atomic mass is 9.48. The maximum Gasteiger partial charge on any atom is 0.407 e. The first-order valence-electron chi connectivity index (χ1n) is 27.5. The van der Waals surface area contributed by atoms with E-state index in [1.807, 2.05) is 39.0 Å². The van der Waals surface area contributed by atoms with Crippen molar-refractivity contribution in [3.05, 3.63) is 68.5 Å². The Morgan fingerprint density at radius 3 is 2.20 bits per heavy atom. The van der Waals surface area contributed by atoms with Crippen LogP contribution in [0.3, 0.4) is 0 Å². The molecule has 0 aromatic rings. The molecule has 1 amide bonds. The zero-order chi connectivity index (χ0) is 60.3. The van der Waals surface area contributed by atoms with Crippen molar-refractivity contribution in [2.75, 3.05) is 13.7 Å². The number of rotatable bonds is 12. The average Bonchev–Trinajstić information content (AvgIpc) is 2.92. The van der Waals surface area contributed by atoms with Crippen molar-refractivity contribution in [3.63, 3.8) is 0 Å². The number of amides is 1. The van der Waals surface area contributed by atoms with Crippen LogP contribution in [-0.4, -0.2) is 156 Å². The number of ether oxygens (including phenoxy) is 12. The van der Waals surface area contributed by atoms with E-state index in [4.69, 9.17) is 56.8 Å². The van der Waals surface area contributed by atoms with Crippen molar-refractivity contribution in [1.82, 2.24) is 5.32 Å². The van der Waals surface area contributed by atoms with Gasteiger partial charge in [0.25, 0.3) is 5.97 Å². The van der Waals surface area contributed by atoms with E-state index >= 15 is 4.79 Å². The van der Waals surface area contributed by atoms with Gasteiger partial charge in [0.05, 0.1) is 43.9 Å². The average molecular weight is 1160 g/mol. The lowest BCUT2D eigenvalue weighted by Gasteiger charge is -2.56. The molecule has 0 aromatic heterocycles. The van der Waals surface area contributed by atoms with Crippen LogP contribution < -0.4 is 5.32 Å². The molecule has 25 nitrogen and oxygen atoms in total. The lowest BCUT2D eigenvalue weighted by Crippen LogP contribution is -2.65. The quantitative estimate of drug-likeness (QED) is 0.0517. The third-order valence-corrected chi connectivity index (χ3v) is 17.6. The van der Waals surface area contributed by atoms with Crippen molar-refractivity contribution in [2.45, 2.75) is 193 Å². The largest absolute Gasteiger partial charge is 0.463 e. The number of Topliss-reactive ketones (excluding diaryl/α,β-unsaturated/α-hetero) is 1. The number of hydrogen-bond donors (Lipinski definition) is 2. The number of fused-ring (bicyclic) bond motifs is 4. The molecule has 4 aliphatic heterocycles. The normalized spacial score (nSPS) is 42.2. The van der Waals surface area contributed by atoms with Crippen molar-refractivity contribution in [3.8, 4) is 0 Å². The number of allylic oxidation sites excluding steroid dienone is 2. The van der Waals surface area contributed by atoms with Gasteiger partial charge in [-0.15, -0.1) is 0 Å². The molecule has 21 atom stereocenters. The summed E-state index contributed by atoms with van der Waals surface area (Å²) in [5, 5.41) is 27.5. The van der Waals surface area contributed by atoms with Gasteiger partial charge >= 0.3 is 35.9 Å². The molecule has 4 fully saturated rings. The first-order chi connectivity index (χ1) is 38.4. The molecule has 4 heterocycles. The van der Waals surface area contributed by atoms with E-state index in [1.54, 1.807) is 26.8 Å². The number of carbonyl (C=O) groups is 8. The summed E-state index contributed by atoms with van der Waals surface area (Å²) in [4.78, 5) is 119. The molecule has 82 heavy (non-hydrogen) atoms. The predicted octanol–water partition coefficient (Wildman–Crippen LogP) is 4.48. The summed E-state index contributed by atoms with van der Waals surface area (Å²) in [5.41, 5.74) is -5.23. The van der Waals surface area contributed by atoms with Gasteiger partial charge in [0.2, 0.25) is 5.54 Å². The van der Waals surface area contributed by atoms with Crippen LogP contribution in [-0.2, 0) is 90.4 Å². The molecule has 2 bridgehead atoms. The first-order valence-corrected chi connectivity index (χ1v) is 27.5. The minimum Gasteiger partial charge on any atom is -0.463 e. The van der Waals surface area contributed by atoms with Gasteiger partial charge < -0.3 is 62.5 Å². The summed E-state index contributed by atoms with van der Waals surface area (Å²) in [6.07, 6.45) is -4.39. The van der Waals surface area contributed by atoms with Gasteiger partial charge in [0.15, 0.2) is 48.0 Å². The molecule has 1 saturated carbocycles. The number of carbonyl (C=O) groups excluding carboxylic acids is 8. The second kappa shape index (κ2) is 23.4.